The molecule has 3 nitrogen and oxygen atoms in total. The summed E-state index contributed by atoms with van der Waals surface area (Å²) in [7, 11) is 0. The molecular formula is C19H18FNO2S. The van der Waals surface area contributed by atoms with Gasteiger partial charge in [0.2, 0.25) is 5.91 Å². The van der Waals surface area contributed by atoms with Crippen LogP contribution in [-0.4, -0.2) is 29.2 Å². The minimum Gasteiger partial charge on any atom is -0.352 e. The Bertz CT molecular complexity index is 735. The molecule has 0 unspecified atom stereocenters. The van der Waals surface area contributed by atoms with Crippen LogP contribution in [0.1, 0.15) is 28.3 Å². The lowest BCUT2D eigenvalue weighted by atomic mass is 10.1. The second-order valence-corrected chi connectivity index (χ2v) is 6.84. The van der Waals surface area contributed by atoms with Crippen molar-refractivity contribution in [2.24, 2.45) is 0 Å². The molecule has 0 heterocycles. The van der Waals surface area contributed by atoms with Crippen LogP contribution >= 0.6 is 11.8 Å². The molecule has 0 aromatic heterocycles. The Kier molecular flexibility index (Phi) is 5.30. The van der Waals surface area contributed by atoms with E-state index < -0.39 is 0 Å². The first-order chi connectivity index (χ1) is 11.6. The molecule has 24 heavy (non-hydrogen) atoms. The first kappa shape index (κ1) is 16.7. The smallest absolute Gasteiger partial charge is 0.230 e. The molecule has 1 amide bonds. The lowest BCUT2D eigenvalue weighted by molar-refractivity contribution is -0.118. The largest absolute Gasteiger partial charge is 0.352 e. The number of amides is 1. The summed E-state index contributed by atoms with van der Waals surface area (Å²) in [5.41, 5.74) is 1.59. The van der Waals surface area contributed by atoms with Crippen molar-refractivity contribution < 1.29 is 14.0 Å². The molecule has 0 bridgehead atoms. The van der Waals surface area contributed by atoms with Crippen molar-refractivity contribution in [2.75, 3.05) is 11.5 Å². The van der Waals surface area contributed by atoms with Gasteiger partial charge >= 0.3 is 0 Å². The summed E-state index contributed by atoms with van der Waals surface area (Å²) >= 11 is 1.31. The molecule has 0 saturated heterocycles. The van der Waals surface area contributed by atoms with Gasteiger partial charge in [0.15, 0.2) is 5.78 Å². The summed E-state index contributed by atoms with van der Waals surface area (Å²) in [6, 6.07) is 15.6. The summed E-state index contributed by atoms with van der Waals surface area (Å²) < 4.78 is 13.2. The van der Waals surface area contributed by atoms with E-state index >= 15 is 0 Å². The number of hydrogen-bond acceptors (Lipinski definition) is 3. The number of carbonyl (C=O) groups excluding carboxylic acids is 2. The first-order valence-electron chi connectivity index (χ1n) is 7.84. The molecule has 1 aliphatic carbocycles. The predicted octanol–water partition coefficient (Wildman–Crippen LogP) is 3.41. The quantitative estimate of drug-likeness (QED) is 0.784. The number of Topliss-reactive ketones (excluding diaryl/α,β-unsaturated/α-hetero) is 1. The zero-order chi connectivity index (χ0) is 16.9. The molecule has 0 radical (unpaired) electrons. The van der Waals surface area contributed by atoms with Crippen molar-refractivity contribution in [3.05, 3.63) is 71.5 Å². The average Bonchev–Trinajstić information content (AvgIpc) is 3.34. The van der Waals surface area contributed by atoms with Crippen LogP contribution in [0.3, 0.4) is 0 Å². The van der Waals surface area contributed by atoms with Crippen molar-refractivity contribution in [3.8, 4) is 0 Å². The number of nitrogens with one attached hydrogen (secondary N) is 1. The zero-order valence-corrected chi connectivity index (χ0v) is 13.9. The van der Waals surface area contributed by atoms with Gasteiger partial charge in [-0.25, -0.2) is 4.39 Å². The third-order valence-electron chi connectivity index (χ3n) is 3.98. The molecule has 1 N–H and O–H groups in total. The molecule has 3 rings (SSSR count). The number of carbonyl (C=O) groups is 2. The van der Waals surface area contributed by atoms with E-state index in [1.54, 1.807) is 18.2 Å². The summed E-state index contributed by atoms with van der Waals surface area (Å²) in [4.78, 5) is 23.9. The van der Waals surface area contributed by atoms with Gasteiger partial charge in [0.05, 0.1) is 11.5 Å². The Morgan fingerprint density at radius 3 is 2.62 bits per heavy atom. The van der Waals surface area contributed by atoms with Gasteiger partial charge in [-0.3, -0.25) is 9.59 Å². The molecule has 2 aromatic rings. The fourth-order valence-corrected chi connectivity index (χ4v) is 3.38. The number of benzene rings is 2. The zero-order valence-electron chi connectivity index (χ0n) is 13.1. The van der Waals surface area contributed by atoms with Gasteiger partial charge < -0.3 is 5.32 Å². The van der Waals surface area contributed by atoms with Crippen LogP contribution in [0.15, 0.2) is 54.6 Å². The highest BCUT2D eigenvalue weighted by Gasteiger charge is 2.39. The molecule has 124 valence electrons. The molecule has 0 spiro atoms. The van der Waals surface area contributed by atoms with E-state index in [1.807, 2.05) is 24.3 Å². The van der Waals surface area contributed by atoms with Crippen LogP contribution in [0.4, 0.5) is 4.39 Å². The van der Waals surface area contributed by atoms with Gasteiger partial charge in [-0.15, -0.1) is 11.8 Å². The van der Waals surface area contributed by atoms with Crippen LogP contribution in [0.25, 0.3) is 0 Å². The van der Waals surface area contributed by atoms with Crippen molar-refractivity contribution in [1.29, 1.82) is 0 Å². The lowest BCUT2D eigenvalue weighted by Gasteiger charge is -2.05. The highest BCUT2D eigenvalue weighted by molar-refractivity contribution is 8.00. The Balaban J connectivity index is 1.39. The van der Waals surface area contributed by atoms with Crippen molar-refractivity contribution in [2.45, 2.75) is 18.4 Å². The fraction of sp³-hybridized carbons (Fsp3) is 0.263. The Morgan fingerprint density at radius 1 is 1.08 bits per heavy atom. The van der Waals surface area contributed by atoms with Gasteiger partial charge in [-0.2, -0.15) is 0 Å². The normalized spacial score (nSPS) is 18.9. The Morgan fingerprint density at radius 2 is 1.88 bits per heavy atom. The summed E-state index contributed by atoms with van der Waals surface area (Å²) in [5, 5.41) is 2.94. The first-order valence-corrected chi connectivity index (χ1v) is 9.00. The second kappa shape index (κ2) is 7.62. The molecule has 2 atom stereocenters. The number of ketones is 1. The number of rotatable bonds is 7. The molecule has 1 aliphatic rings. The van der Waals surface area contributed by atoms with E-state index in [9.17, 15) is 14.0 Å². The van der Waals surface area contributed by atoms with E-state index in [0.717, 1.165) is 12.0 Å². The molecule has 1 fully saturated rings. The molecule has 2 aromatic carbocycles. The average molecular weight is 343 g/mol. The topological polar surface area (TPSA) is 46.2 Å². The third-order valence-corrected chi connectivity index (χ3v) is 4.91. The SMILES string of the molecule is O=C(CSCC(=O)c1ccccc1)N[C@@H]1C[C@H]1c1cccc(F)c1. The predicted molar refractivity (Wildman–Crippen MR) is 93.8 cm³/mol. The summed E-state index contributed by atoms with van der Waals surface area (Å²) in [6.45, 7) is 0. The lowest BCUT2D eigenvalue weighted by Crippen LogP contribution is -2.28. The summed E-state index contributed by atoms with van der Waals surface area (Å²) in [5.74, 6) is 0.433. The summed E-state index contributed by atoms with van der Waals surface area (Å²) in [6.07, 6.45) is 0.836. The van der Waals surface area contributed by atoms with Crippen LogP contribution in [-0.2, 0) is 4.79 Å². The molecule has 0 aliphatic heterocycles. The van der Waals surface area contributed by atoms with Crippen LogP contribution < -0.4 is 5.32 Å². The highest BCUT2D eigenvalue weighted by atomic mass is 32.2. The molecule has 5 heteroatoms. The van der Waals surface area contributed by atoms with E-state index in [1.165, 1.54) is 23.9 Å². The van der Waals surface area contributed by atoms with Crippen molar-refractivity contribution in [1.82, 2.24) is 5.32 Å². The van der Waals surface area contributed by atoms with Crippen molar-refractivity contribution >= 4 is 23.5 Å². The molecular weight excluding hydrogens is 325 g/mol. The van der Waals surface area contributed by atoms with E-state index in [4.69, 9.17) is 0 Å². The standard InChI is InChI=1S/C19H18FNO2S/c20-15-8-4-7-14(9-15)16-10-17(16)21-19(23)12-24-11-18(22)13-5-2-1-3-6-13/h1-9,16-17H,10-12H2,(H,21,23)/t16-,17+/m0/s1. The minimum absolute atomic E-state index is 0.0254. The number of thioether (sulfide) groups is 1. The minimum atomic E-state index is -0.251. The number of hydrogen-bond donors (Lipinski definition) is 1. The highest BCUT2D eigenvalue weighted by Crippen LogP contribution is 2.40. The fourth-order valence-electron chi connectivity index (χ4n) is 2.65. The van der Waals surface area contributed by atoms with Crippen LogP contribution in [0, 0.1) is 5.82 Å². The van der Waals surface area contributed by atoms with Gasteiger partial charge in [0.1, 0.15) is 5.82 Å². The maximum absolute atomic E-state index is 13.2. The van der Waals surface area contributed by atoms with Crippen molar-refractivity contribution in [3.63, 3.8) is 0 Å². The van der Waals surface area contributed by atoms with Crippen LogP contribution in [0.2, 0.25) is 0 Å². The van der Waals surface area contributed by atoms with Gasteiger partial charge in [-0.1, -0.05) is 42.5 Å². The van der Waals surface area contributed by atoms with Gasteiger partial charge in [0.25, 0.3) is 0 Å². The van der Waals surface area contributed by atoms with E-state index in [2.05, 4.69) is 5.32 Å². The van der Waals surface area contributed by atoms with Crippen LogP contribution in [0.5, 0.6) is 0 Å². The monoisotopic (exact) mass is 343 g/mol. The van der Waals surface area contributed by atoms with Gasteiger partial charge in [-0.05, 0) is 24.1 Å². The molecule has 1 saturated carbocycles. The van der Waals surface area contributed by atoms with Gasteiger partial charge in [0, 0.05) is 17.5 Å². The Labute approximate surface area is 144 Å². The second-order valence-electron chi connectivity index (χ2n) is 5.85. The maximum atomic E-state index is 13.2. The van der Waals surface area contributed by atoms with E-state index in [0.29, 0.717) is 5.56 Å². The van der Waals surface area contributed by atoms with E-state index in [-0.39, 0.29) is 41.0 Å². The maximum Gasteiger partial charge on any atom is 0.230 e. The Hall–Kier alpha value is -2.14. The third kappa shape index (κ3) is 4.45. The number of halogens is 1.